The zero-order valence-electron chi connectivity index (χ0n) is 16.9. The van der Waals surface area contributed by atoms with Gasteiger partial charge in [-0.25, -0.2) is 8.42 Å². The maximum absolute atomic E-state index is 12.6. The molecule has 1 unspecified atom stereocenters. The van der Waals surface area contributed by atoms with E-state index in [-0.39, 0.29) is 11.0 Å². The number of anilines is 1. The number of nitrogens with zero attached hydrogens (tertiary/aromatic N) is 1. The number of likely N-dealkylation sites (tertiary alicyclic amines) is 1. The van der Waals surface area contributed by atoms with Crippen LogP contribution in [0, 0.1) is 0 Å². The Labute approximate surface area is 168 Å². The van der Waals surface area contributed by atoms with Gasteiger partial charge in [0, 0.05) is 12.2 Å². The molecule has 5 nitrogen and oxygen atoms in total. The molecule has 0 aliphatic carbocycles. The van der Waals surface area contributed by atoms with Gasteiger partial charge in [0.05, 0.1) is 11.0 Å². The molecule has 2 aromatic carbocycles. The second-order valence-electron chi connectivity index (χ2n) is 7.65. The standard InChI is InChI=1S/C22H30N2O3S/c1-4-14-24-15-13-19(16-24)18-5-7-20(8-6-18)23-28(25,26)22-11-9-21(10-12-22)27-17(2)3/h5-12,17,19,23H,4,13-16H2,1-3H3. The van der Waals surface area contributed by atoms with Crippen LogP contribution < -0.4 is 9.46 Å². The van der Waals surface area contributed by atoms with Gasteiger partial charge in [0.2, 0.25) is 0 Å². The zero-order chi connectivity index (χ0) is 20.1. The van der Waals surface area contributed by atoms with Crippen molar-refractivity contribution in [3.05, 3.63) is 54.1 Å². The van der Waals surface area contributed by atoms with E-state index in [1.54, 1.807) is 24.3 Å². The summed E-state index contributed by atoms with van der Waals surface area (Å²) in [4.78, 5) is 2.72. The number of rotatable bonds is 8. The monoisotopic (exact) mass is 402 g/mol. The van der Waals surface area contributed by atoms with Crippen molar-refractivity contribution in [2.75, 3.05) is 24.4 Å². The van der Waals surface area contributed by atoms with Crippen LogP contribution in [0.5, 0.6) is 5.75 Å². The predicted octanol–water partition coefficient (Wildman–Crippen LogP) is 4.47. The summed E-state index contributed by atoms with van der Waals surface area (Å²) in [5, 5.41) is 0. The lowest BCUT2D eigenvalue weighted by Gasteiger charge is -2.15. The molecule has 1 aliphatic rings. The Hall–Kier alpha value is -2.05. The molecule has 6 heteroatoms. The van der Waals surface area contributed by atoms with E-state index < -0.39 is 10.0 Å². The van der Waals surface area contributed by atoms with Crippen molar-refractivity contribution in [1.82, 2.24) is 4.90 Å². The predicted molar refractivity (Wildman–Crippen MR) is 114 cm³/mol. The molecule has 28 heavy (non-hydrogen) atoms. The van der Waals surface area contributed by atoms with Gasteiger partial charge in [-0.1, -0.05) is 19.1 Å². The summed E-state index contributed by atoms with van der Waals surface area (Å²) in [5.41, 5.74) is 1.85. The van der Waals surface area contributed by atoms with Crippen molar-refractivity contribution in [2.45, 2.75) is 50.5 Å². The van der Waals surface area contributed by atoms with Crippen molar-refractivity contribution >= 4 is 15.7 Å². The lowest BCUT2D eigenvalue weighted by molar-refractivity contribution is 0.242. The summed E-state index contributed by atoms with van der Waals surface area (Å²) in [6, 6.07) is 14.3. The molecule has 1 heterocycles. The highest BCUT2D eigenvalue weighted by molar-refractivity contribution is 7.92. The molecular weight excluding hydrogens is 372 g/mol. The molecule has 3 rings (SSSR count). The highest BCUT2D eigenvalue weighted by Gasteiger charge is 2.23. The Morgan fingerprint density at radius 3 is 2.39 bits per heavy atom. The maximum Gasteiger partial charge on any atom is 0.261 e. The van der Waals surface area contributed by atoms with Gasteiger partial charge in [0.25, 0.3) is 10.0 Å². The normalized spacial score (nSPS) is 17.8. The van der Waals surface area contributed by atoms with E-state index in [9.17, 15) is 8.42 Å². The molecule has 0 radical (unpaired) electrons. The van der Waals surface area contributed by atoms with Crippen LogP contribution in [0.15, 0.2) is 53.4 Å². The van der Waals surface area contributed by atoms with Crippen molar-refractivity contribution < 1.29 is 13.2 Å². The first-order chi connectivity index (χ1) is 13.4. The number of benzene rings is 2. The molecule has 0 amide bonds. The van der Waals surface area contributed by atoms with Gasteiger partial charge in [-0.3, -0.25) is 4.72 Å². The fourth-order valence-electron chi connectivity index (χ4n) is 3.63. The van der Waals surface area contributed by atoms with Crippen molar-refractivity contribution in [3.8, 4) is 5.75 Å². The zero-order valence-corrected chi connectivity index (χ0v) is 17.7. The molecule has 152 valence electrons. The minimum Gasteiger partial charge on any atom is -0.491 e. The second kappa shape index (κ2) is 8.97. The van der Waals surface area contributed by atoms with Gasteiger partial charge in [0.1, 0.15) is 5.75 Å². The fourth-order valence-corrected chi connectivity index (χ4v) is 4.69. The van der Waals surface area contributed by atoms with Crippen molar-refractivity contribution in [3.63, 3.8) is 0 Å². The van der Waals surface area contributed by atoms with E-state index in [0.29, 0.717) is 17.4 Å². The lowest BCUT2D eigenvalue weighted by atomic mass is 9.98. The molecule has 0 saturated carbocycles. The van der Waals surface area contributed by atoms with Crippen LogP contribution in [0.25, 0.3) is 0 Å². The average molecular weight is 403 g/mol. The van der Waals surface area contributed by atoms with Crippen LogP contribution in [0.3, 0.4) is 0 Å². The molecule has 1 fully saturated rings. The Morgan fingerprint density at radius 1 is 1.11 bits per heavy atom. The van der Waals surface area contributed by atoms with Gasteiger partial charge in [-0.15, -0.1) is 0 Å². The van der Waals surface area contributed by atoms with E-state index in [0.717, 1.165) is 26.1 Å². The van der Waals surface area contributed by atoms with Crippen LogP contribution in [-0.2, 0) is 10.0 Å². The Balaban J connectivity index is 1.64. The van der Waals surface area contributed by atoms with E-state index in [1.165, 1.54) is 12.0 Å². The summed E-state index contributed by atoms with van der Waals surface area (Å²) < 4.78 is 33.5. The first-order valence-corrected chi connectivity index (χ1v) is 11.5. The quantitative estimate of drug-likeness (QED) is 0.708. The van der Waals surface area contributed by atoms with E-state index >= 15 is 0 Å². The van der Waals surface area contributed by atoms with Gasteiger partial charge in [-0.05, 0) is 87.7 Å². The second-order valence-corrected chi connectivity index (χ2v) is 9.33. The lowest BCUT2D eigenvalue weighted by Crippen LogP contribution is -2.20. The van der Waals surface area contributed by atoms with Gasteiger partial charge < -0.3 is 9.64 Å². The minimum absolute atomic E-state index is 0.0491. The minimum atomic E-state index is -3.62. The molecule has 1 saturated heterocycles. The van der Waals surface area contributed by atoms with E-state index in [2.05, 4.69) is 16.5 Å². The molecule has 1 N–H and O–H groups in total. The Morgan fingerprint density at radius 2 is 1.79 bits per heavy atom. The van der Waals surface area contributed by atoms with Crippen molar-refractivity contribution in [2.24, 2.45) is 0 Å². The largest absolute Gasteiger partial charge is 0.491 e. The smallest absolute Gasteiger partial charge is 0.261 e. The summed E-state index contributed by atoms with van der Waals surface area (Å²) in [5.74, 6) is 1.19. The maximum atomic E-state index is 12.6. The summed E-state index contributed by atoms with van der Waals surface area (Å²) >= 11 is 0. The van der Waals surface area contributed by atoms with Crippen LogP contribution in [0.4, 0.5) is 5.69 Å². The van der Waals surface area contributed by atoms with Gasteiger partial charge in [-0.2, -0.15) is 0 Å². The summed E-state index contributed by atoms with van der Waals surface area (Å²) in [7, 11) is -3.62. The van der Waals surface area contributed by atoms with E-state index in [1.807, 2.05) is 38.1 Å². The fraction of sp³-hybridized carbons (Fsp3) is 0.455. The molecule has 2 aromatic rings. The first-order valence-electron chi connectivity index (χ1n) is 9.99. The van der Waals surface area contributed by atoms with Crippen molar-refractivity contribution in [1.29, 1.82) is 0 Å². The van der Waals surface area contributed by atoms with Crippen LogP contribution >= 0.6 is 0 Å². The molecule has 0 aromatic heterocycles. The topological polar surface area (TPSA) is 58.6 Å². The molecule has 1 atom stereocenters. The third-order valence-corrected chi connectivity index (χ3v) is 6.35. The Bertz CT molecular complexity index is 862. The number of nitrogens with one attached hydrogen (secondary N) is 1. The molecule has 0 bridgehead atoms. The molecular formula is C22H30N2O3S. The van der Waals surface area contributed by atoms with Crippen LogP contribution in [0.2, 0.25) is 0 Å². The average Bonchev–Trinajstić information content (AvgIpc) is 3.11. The molecule has 0 spiro atoms. The summed E-state index contributed by atoms with van der Waals surface area (Å²) in [6.45, 7) is 9.45. The highest BCUT2D eigenvalue weighted by atomic mass is 32.2. The van der Waals surface area contributed by atoms with Crippen LogP contribution in [-0.4, -0.2) is 39.1 Å². The first kappa shape index (κ1) is 20.7. The molecule has 1 aliphatic heterocycles. The van der Waals surface area contributed by atoms with Crippen LogP contribution in [0.1, 0.15) is 45.1 Å². The number of hydrogen-bond acceptors (Lipinski definition) is 4. The number of ether oxygens (including phenoxy) is 1. The van der Waals surface area contributed by atoms with Gasteiger partial charge >= 0.3 is 0 Å². The van der Waals surface area contributed by atoms with Gasteiger partial charge in [0.15, 0.2) is 0 Å². The third-order valence-electron chi connectivity index (χ3n) is 4.95. The third kappa shape index (κ3) is 5.26. The number of sulfonamides is 1. The summed E-state index contributed by atoms with van der Waals surface area (Å²) in [6.07, 6.45) is 2.39. The number of hydrogen-bond donors (Lipinski definition) is 1. The highest BCUT2D eigenvalue weighted by Crippen LogP contribution is 2.28. The SMILES string of the molecule is CCCN1CCC(c2ccc(NS(=O)(=O)c3ccc(OC(C)C)cc3)cc2)C1. The van der Waals surface area contributed by atoms with E-state index in [4.69, 9.17) is 4.74 Å². The Kier molecular flexibility index (Phi) is 6.62.